The van der Waals surface area contributed by atoms with Gasteiger partial charge in [-0.3, -0.25) is 13.6 Å². The highest BCUT2D eigenvalue weighted by molar-refractivity contribution is 7.62. The number of aromatic nitrogens is 4. The Hall–Kier alpha value is -6.59. The summed E-state index contributed by atoms with van der Waals surface area (Å²) in [6.45, 7) is 31.2. The van der Waals surface area contributed by atoms with E-state index in [1.807, 2.05) is 65.8 Å². The Morgan fingerprint density at radius 1 is 0.528 bits per heavy atom. The predicted molar refractivity (Wildman–Crippen MR) is 308 cm³/mol. The summed E-state index contributed by atoms with van der Waals surface area (Å²) in [5.74, 6) is 3.45. The number of nitrogens with one attached hydrogen (secondary N) is 2. The Labute approximate surface area is 427 Å². The van der Waals surface area contributed by atoms with Crippen LogP contribution in [-0.2, 0) is 13.6 Å². The van der Waals surface area contributed by atoms with E-state index in [2.05, 4.69) is 180 Å². The van der Waals surface area contributed by atoms with Crippen molar-refractivity contribution in [3.05, 3.63) is 159 Å². The van der Waals surface area contributed by atoms with Crippen molar-refractivity contribution in [3.8, 4) is 56.0 Å². The number of nitrogens with zero attached hydrogens (tertiary/aromatic N) is 2. The van der Waals surface area contributed by atoms with Crippen molar-refractivity contribution in [1.82, 2.24) is 19.9 Å². The lowest BCUT2D eigenvalue weighted by Crippen LogP contribution is -2.27. The fourth-order valence-corrected chi connectivity index (χ4v) is 12.8. The third kappa shape index (κ3) is 10.6. The van der Waals surface area contributed by atoms with Gasteiger partial charge in [0.1, 0.15) is 8.07 Å². The first-order chi connectivity index (χ1) is 33.8. The lowest BCUT2D eigenvalue weighted by atomic mass is 9.91. The monoisotopic (exact) mass is 986 g/mol. The van der Waals surface area contributed by atoms with Crippen LogP contribution in [0.5, 0.6) is 0 Å². The molecule has 7 aromatic rings. The molecule has 0 aliphatic carbocycles. The van der Waals surface area contributed by atoms with Crippen molar-refractivity contribution < 1.29 is 13.6 Å². The second-order valence-corrected chi connectivity index (χ2v) is 29.2. The molecule has 5 heterocycles. The van der Waals surface area contributed by atoms with Crippen molar-refractivity contribution in [3.63, 3.8) is 0 Å². The fourth-order valence-electron chi connectivity index (χ4n) is 10.1. The van der Waals surface area contributed by atoms with Gasteiger partial charge in [-0.1, -0.05) is 85.2 Å². The third-order valence-corrected chi connectivity index (χ3v) is 16.0. The summed E-state index contributed by atoms with van der Waals surface area (Å²) in [6.07, 6.45) is 8.53. The van der Waals surface area contributed by atoms with E-state index in [0.29, 0.717) is 5.30 Å². The average Bonchev–Trinajstić information content (AvgIpc) is 4.10. The first-order valence-corrected chi connectivity index (χ1v) is 30.0. The molecule has 4 aromatic carbocycles. The molecule has 0 spiro atoms. The van der Waals surface area contributed by atoms with Gasteiger partial charge in [-0.25, -0.2) is 9.97 Å². The van der Waals surface area contributed by atoms with E-state index in [9.17, 15) is 4.57 Å². The molecular formula is C63H67N4O3PSi. The first-order valence-electron chi connectivity index (χ1n) is 24.9. The third-order valence-electron chi connectivity index (χ3n) is 12.6. The molecule has 0 atom stereocenters. The summed E-state index contributed by atoms with van der Waals surface area (Å²) in [6, 6.07) is 34.1. The maximum atomic E-state index is 14.8. The SMILES string of the molecule is Cc1cc(C)c(-c2c3nc(cc4cc(-c5ccc(P(=O)(OC(C)(C)C)OC(C)(C)C)cc5)c([nH]4)c(-c4c(C)cc(C)cc4C)c4nc(c(-c5ccc(C#C[Si](C)(C)C)cc5)c5ccc2[nH]5)C=C4)C=C3)c(C)c1. The highest BCUT2D eigenvalue weighted by atomic mass is 31.2. The van der Waals surface area contributed by atoms with Crippen LogP contribution in [0.2, 0.25) is 19.6 Å². The van der Waals surface area contributed by atoms with Gasteiger partial charge in [0.2, 0.25) is 0 Å². The molecule has 0 amide bonds. The normalized spacial score (nSPS) is 12.9. The number of fused-ring (bicyclic) bond motifs is 8. The summed E-state index contributed by atoms with van der Waals surface area (Å²) >= 11 is 0. The summed E-state index contributed by atoms with van der Waals surface area (Å²) in [7, 11) is -5.35. The van der Waals surface area contributed by atoms with Gasteiger partial charge in [-0.05, 0) is 200 Å². The standard InChI is InChI=1S/C63H67N4O3PSi/c1-38-32-40(3)56(41(4)33-38)59-53-25-22-47(64-53)36-48-37-50(45-20-23-49(24-21-45)71(68,69-62(7,8)9)70-63(10,11)12)61(65-48)60(57-42(5)34-39(2)35-43(57)6)55-29-27-52(67-55)58(51-26-28-54(59)66-51)46-18-16-44(17-19-46)30-31-72(13,14)15/h16-29,32-37,65-66H,1-15H3. The Bertz CT molecular complexity index is 3610. The highest BCUT2D eigenvalue weighted by Crippen LogP contribution is 2.54. The van der Waals surface area contributed by atoms with Crippen LogP contribution in [0.25, 0.3) is 90.9 Å². The molecule has 9 heteroatoms. The van der Waals surface area contributed by atoms with Gasteiger partial charge in [0.25, 0.3) is 0 Å². The van der Waals surface area contributed by atoms with Crippen LogP contribution in [0.4, 0.5) is 0 Å². The summed E-state index contributed by atoms with van der Waals surface area (Å²) in [4.78, 5) is 18.9. The lowest BCUT2D eigenvalue weighted by molar-refractivity contribution is 0.0548. The minimum atomic E-state index is -3.76. The number of benzene rings is 4. The van der Waals surface area contributed by atoms with Crippen LogP contribution in [0.15, 0.2) is 97.1 Å². The smallest absolute Gasteiger partial charge is 0.354 e. The number of H-pyrrole nitrogens is 2. The lowest BCUT2D eigenvalue weighted by Gasteiger charge is -2.32. The van der Waals surface area contributed by atoms with Crippen LogP contribution in [-0.4, -0.2) is 39.2 Å². The minimum absolute atomic E-state index is 0.494. The second kappa shape index (κ2) is 18.8. The van der Waals surface area contributed by atoms with Gasteiger partial charge in [0.15, 0.2) is 0 Å². The maximum absolute atomic E-state index is 14.8. The summed E-state index contributed by atoms with van der Waals surface area (Å²) < 4.78 is 27.3. The quantitative estimate of drug-likeness (QED) is 0.0943. The molecule has 7 nitrogen and oxygen atoms in total. The molecule has 0 saturated carbocycles. The van der Waals surface area contributed by atoms with Crippen molar-refractivity contribution in [1.29, 1.82) is 0 Å². The highest BCUT2D eigenvalue weighted by Gasteiger charge is 2.37. The first kappa shape index (κ1) is 50.4. The van der Waals surface area contributed by atoms with E-state index in [1.54, 1.807) is 0 Å². The zero-order chi connectivity index (χ0) is 51.7. The zero-order valence-corrected chi connectivity index (χ0v) is 46.5. The van der Waals surface area contributed by atoms with Crippen LogP contribution in [0.1, 0.15) is 103 Å². The average molecular weight is 987 g/mol. The molecule has 366 valence electrons. The van der Waals surface area contributed by atoms with E-state index in [1.165, 1.54) is 22.3 Å². The molecule has 0 fully saturated rings. The number of hydrogen-bond donors (Lipinski definition) is 2. The van der Waals surface area contributed by atoms with Crippen LogP contribution < -0.4 is 5.30 Å². The van der Waals surface area contributed by atoms with Crippen molar-refractivity contribution in [2.75, 3.05) is 0 Å². The van der Waals surface area contributed by atoms with Gasteiger partial charge in [0, 0.05) is 44.4 Å². The van der Waals surface area contributed by atoms with E-state index >= 15 is 0 Å². The molecule has 72 heavy (non-hydrogen) atoms. The number of hydrogen-bond acceptors (Lipinski definition) is 5. The number of aromatic amines is 2. The van der Waals surface area contributed by atoms with Crippen molar-refractivity contribution >= 4 is 67.3 Å². The Kier molecular flexibility index (Phi) is 13.1. The van der Waals surface area contributed by atoms with E-state index in [-0.39, 0.29) is 0 Å². The molecule has 2 aliphatic rings. The topological polar surface area (TPSA) is 92.9 Å². The molecule has 0 saturated heterocycles. The molecule has 3 aromatic heterocycles. The van der Waals surface area contributed by atoms with Gasteiger partial charge in [0.05, 0.1) is 44.8 Å². The largest absolute Gasteiger partial charge is 0.362 e. The van der Waals surface area contributed by atoms with E-state index in [4.69, 9.17) is 19.0 Å². The predicted octanol–water partition coefficient (Wildman–Crippen LogP) is 16.9. The summed E-state index contributed by atoms with van der Waals surface area (Å²) in [5, 5.41) is 0.494. The molecule has 8 bridgehead atoms. The fraction of sp³-hybridized carbons (Fsp3) is 0.270. The number of rotatable bonds is 7. The number of aryl methyl sites for hydroxylation is 6. The molecule has 0 unspecified atom stereocenters. The van der Waals surface area contributed by atoms with Crippen molar-refractivity contribution in [2.24, 2.45) is 0 Å². The molecular weight excluding hydrogens is 920 g/mol. The van der Waals surface area contributed by atoms with Crippen molar-refractivity contribution in [2.45, 2.75) is 114 Å². The second-order valence-electron chi connectivity index (χ2n) is 22.6. The van der Waals surface area contributed by atoms with Gasteiger partial charge in [-0.15, -0.1) is 5.54 Å². The van der Waals surface area contributed by atoms with Crippen LogP contribution >= 0.6 is 7.60 Å². The zero-order valence-electron chi connectivity index (χ0n) is 44.6. The van der Waals surface area contributed by atoms with E-state index < -0.39 is 26.9 Å². The molecule has 9 rings (SSSR count). The molecule has 0 radical (unpaired) electrons. The van der Waals surface area contributed by atoms with Gasteiger partial charge in [-0.2, -0.15) is 0 Å². The van der Waals surface area contributed by atoms with E-state index in [0.717, 1.165) is 106 Å². The Morgan fingerprint density at radius 2 is 1.01 bits per heavy atom. The Balaban J connectivity index is 1.41. The minimum Gasteiger partial charge on any atom is -0.354 e. The molecule has 2 N–H and O–H groups in total. The van der Waals surface area contributed by atoms with Gasteiger partial charge < -0.3 is 9.97 Å². The van der Waals surface area contributed by atoms with Crippen LogP contribution in [0, 0.1) is 53.0 Å². The van der Waals surface area contributed by atoms with Crippen LogP contribution in [0.3, 0.4) is 0 Å². The van der Waals surface area contributed by atoms with Gasteiger partial charge >= 0.3 is 7.60 Å². The maximum Gasteiger partial charge on any atom is 0.362 e. The molecule has 2 aliphatic heterocycles. The summed E-state index contributed by atoms with van der Waals surface area (Å²) in [5.41, 5.74) is 25.3. The Morgan fingerprint density at radius 3 is 1.56 bits per heavy atom.